The van der Waals surface area contributed by atoms with E-state index >= 15 is 0 Å². The van der Waals surface area contributed by atoms with Crippen LogP contribution < -0.4 is 5.32 Å². The average Bonchev–Trinajstić information content (AvgIpc) is 3.30. The van der Waals surface area contributed by atoms with Crippen molar-refractivity contribution in [2.45, 2.75) is 17.7 Å². The zero-order chi connectivity index (χ0) is 21.1. The Kier molecular flexibility index (Phi) is 5.55. The predicted molar refractivity (Wildman–Crippen MR) is 106 cm³/mol. The van der Waals surface area contributed by atoms with Crippen LogP contribution in [0.25, 0.3) is 5.69 Å². The number of nitrogens with one attached hydrogen (secondary N) is 1. The molecule has 0 bridgehead atoms. The molecule has 2 heterocycles. The van der Waals surface area contributed by atoms with E-state index in [-0.39, 0.29) is 17.1 Å². The second-order valence-corrected chi connectivity index (χ2v) is 8.86. The van der Waals surface area contributed by atoms with Crippen molar-refractivity contribution < 1.29 is 17.6 Å². The smallest absolute Gasteiger partial charge is 0.243 e. The number of hydrogen-bond acceptors (Lipinski definition) is 6. The van der Waals surface area contributed by atoms with E-state index < -0.39 is 27.7 Å². The Hall–Kier alpha value is -3.18. The monoisotopic (exact) mass is 430 g/mol. The number of anilines is 1. The van der Waals surface area contributed by atoms with E-state index in [0.29, 0.717) is 25.1 Å². The van der Waals surface area contributed by atoms with Crippen molar-refractivity contribution in [3.05, 3.63) is 60.7 Å². The van der Waals surface area contributed by atoms with E-state index in [1.165, 1.54) is 45.6 Å². The molecule has 156 valence electrons. The molecular weight excluding hydrogens is 411 g/mol. The number of carbonyl (C=O) groups excluding carboxylic acids is 1. The molecule has 3 aromatic rings. The maximum absolute atomic E-state index is 13.8. The van der Waals surface area contributed by atoms with E-state index in [1.807, 2.05) is 0 Å². The number of sulfonamides is 1. The number of carbonyl (C=O) groups is 1. The van der Waals surface area contributed by atoms with Gasteiger partial charge in [-0.25, -0.2) is 17.5 Å². The molecule has 1 aromatic heterocycles. The van der Waals surface area contributed by atoms with Gasteiger partial charge in [-0.1, -0.05) is 12.1 Å². The van der Waals surface area contributed by atoms with Crippen molar-refractivity contribution >= 4 is 21.6 Å². The zero-order valence-corrected chi connectivity index (χ0v) is 16.7. The zero-order valence-electron chi connectivity index (χ0n) is 15.8. The highest BCUT2D eigenvalue weighted by atomic mass is 32.2. The summed E-state index contributed by atoms with van der Waals surface area (Å²) in [5.74, 6) is -1.49. The second kappa shape index (κ2) is 8.28. The molecular formula is C19H19FN6O3S. The fourth-order valence-corrected chi connectivity index (χ4v) is 4.90. The molecule has 0 aliphatic carbocycles. The lowest BCUT2D eigenvalue weighted by Gasteiger charge is -2.31. The lowest BCUT2D eigenvalue weighted by Crippen LogP contribution is -2.43. The summed E-state index contributed by atoms with van der Waals surface area (Å²) in [5.41, 5.74) is 0.709. The van der Waals surface area contributed by atoms with Gasteiger partial charge in [0.05, 0.1) is 22.2 Å². The van der Waals surface area contributed by atoms with Crippen LogP contribution in [0.4, 0.5) is 10.1 Å². The molecule has 1 aliphatic rings. The third-order valence-corrected chi connectivity index (χ3v) is 6.85. The summed E-state index contributed by atoms with van der Waals surface area (Å²) in [7, 11) is -3.78. The van der Waals surface area contributed by atoms with Crippen LogP contribution in [0.3, 0.4) is 0 Å². The van der Waals surface area contributed by atoms with Gasteiger partial charge in [-0.15, -0.1) is 5.10 Å². The van der Waals surface area contributed by atoms with Gasteiger partial charge in [-0.05, 0) is 59.7 Å². The SMILES string of the molecule is O=C(Nc1ccccc1F)C1CCCN(S(=O)(=O)c2ccc(-n3cnnn3)cc2)C1. The van der Waals surface area contributed by atoms with E-state index in [4.69, 9.17) is 0 Å². The number of piperidine rings is 1. The van der Waals surface area contributed by atoms with Crippen molar-refractivity contribution in [3.63, 3.8) is 0 Å². The van der Waals surface area contributed by atoms with Gasteiger partial charge in [0.2, 0.25) is 15.9 Å². The van der Waals surface area contributed by atoms with Gasteiger partial charge in [-0.3, -0.25) is 4.79 Å². The lowest BCUT2D eigenvalue weighted by molar-refractivity contribution is -0.120. The molecule has 0 radical (unpaired) electrons. The van der Waals surface area contributed by atoms with Gasteiger partial charge >= 0.3 is 0 Å². The summed E-state index contributed by atoms with van der Waals surface area (Å²) in [5, 5.41) is 13.4. The van der Waals surface area contributed by atoms with Gasteiger partial charge in [0.1, 0.15) is 12.1 Å². The molecule has 0 spiro atoms. The third kappa shape index (κ3) is 4.07. The first-order valence-electron chi connectivity index (χ1n) is 9.34. The summed E-state index contributed by atoms with van der Waals surface area (Å²) in [6.07, 6.45) is 2.48. The summed E-state index contributed by atoms with van der Waals surface area (Å²) in [6.45, 7) is 0.359. The molecule has 0 saturated carbocycles. The summed E-state index contributed by atoms with van der Waals surface area (Å²) in [6, 6.07) is 12.1. The minimum absolute atomic E-state index is 0.0391. The van der Waals surface area contributed by atoms with Crippen molar-refractivity contribution in [1.29, 1.82) is 0 Å². The van der Waals surface area contributed by atoms with Crippen LogP contribution in [-0.2, 0) is 14.8 Å². The largest absolute Gasteiger partial charge is 0.323 e. The van der Waals surface area contributed by atoms with E-state index in [2.05, 4.69) is 20.8 Å². The Morgan fingerprint density at radius 2 is 1.90 bits per heavy atom. The van der Waals surface area contributed by atoms with Crippen LogP contribution in [0.5, 0.6) is 0 Å². The van der Waals surface area contributed by atoms with Crippen molar-refractivity contribution in [1.82, 2.24) is 24.5 Å². The first-order valence-corrected chi connectivity index (χ1v) is 10.8. The fourth-order valence-electron chi connectivity index (χ4n) is 3.37. The Balaban J connectivity index is 1.48. The standard InChI is InChI=1S/C19H19FN6O3S/c20-17-5-1-2-6-18(17)22-19(27)14-4-3-11-25(12-14)30(28,29)16-9-7-15(8-10-16)26-13-21-23-24-26/h1-2,5-10,13-14H,3-4,11-12H2,(H,22,27). The third-order valence-electron chi connectivity index (χ3n) is 4.97. The average molecular weight is 430 g/mol. The number of rotatable bonds is 5. The Morgan fingerprint density at radius 1 is 1.13 bits per heavy atom. The first kappa shape index (κ1) is 20.1. The van der Waals surface area contributed by atoms with E-state index in [9.17, 15) is 17.6 Å². The number of aromatic nitrogens is 4. The molecule has 1 amide bonds. The summed E-state index contributed by atoms with van der Waals surface area (Å²) < 4.78 is 42.6. The quantitative estimate of drug-likeness (QED) is 0.661. The van der Waals surface area contributed by atoms with Crippen molar-refractivity contribution in [2.75, 3.05) is 18.4 Å². The van der Waals surface area contributed by atoms with Crippen LogP contribution >= 0.6 is 0 Å². The predicted octanol–water partition coefficient (Wildman–Crippen LogP) is 1.84. The minimum atomic E-state index is -3.78. The van der Waals surface area contributed by atoms with Crippen molar-refractivity contribution in [2.24, 2.45) is 5.92 Å². The molecule has 4 rings (SSSR count). The topological polar surface area (TPSA) is 110 Å². The summed E-state index contributed by atoms with van der Waals surface area (Å²) >= 11 is 0. The Bertz CT molecular complexity index is 1140. The molecule has 2 aromatic carbocycles. The maximum Gasteiger partial charge on any atom is 0.243 e. The van der Waals surface area contributed by atoms with Gasteiger partial charge in [0, 0.05) is 13.1 Å². The Labute approximate surface area is 172 Å². The lowest BCUT2D eigenvalue weighted by atomic mass is 9.98. The maximum atomic E-state index is 13.8. The van der Waals surface area contributed by atoms with Crippen LogP contribution in [0.15, 0.2) is 59.8 Å². The molecule has 1 N–H and O–H groups in total. The number of hydrogen-bond donors (Lipinski definition) is 1. The van der Waals surface area contributed by atoms with Crippen LogP contribution in [0.2, 0.25) is 0 Å². The highest BCUT2D eigenvalue weighted by Crippen LogP contribution is 2.25. The number of tetrazole rings is 1. The highest BCUT2D eigenvalue weighted by Gasteiger charge is 2.33. The molecule has 1 atom stereocenters. The Morgan fingerprint density at radius 3 is 2.60 bits per heavy atom. The molecule has 1 aliphatic heterocycles. The number of nitrogens with zero attached hydrogens (tertiary/aromatic N) is 5. The fraction of sp³-hybridized carbons (Fsp3) is 0.263. The van der Waals surface area contributed by atoms with E-state index in [1.54, 1.807) is 18.2 Å². The number of amides is 1. The first-order chi connectivity index (χ1) is 14.4. The minimum Gasteiger partial charge on any atom is -0.323 e. The van der Waals surface area contributed by atoms with Gasteiger partial charge in [-0.2, -0.15) is 4.31 Å². The van der Waals surface area contributed by atoms with Gasteiger partial charge in [0.25, 0.3) is 0 Å². The van der Waals surface area contributed by atoms with Crippen LogP contribution in [0.1, 0.15) is 12.8 Å². The number of benzene rings is 2. The van der Waals surface area contributed by atoms with Gasteiger partial charge in [0.15, 0.2) is 0 Å². The highest BCUT2D eigenvalue weighted by molar-refractivity contribution is 7.89. The summed E-state index contributed by atoms with van der Waals surface area (Å²) in [4.78, 5) is 12.7. The molecule has 1 saturated heterocycles. The van der Waals surface area contributed by atoms with E-state index in [0.717, 1.165) is 0 Å². The second-order valence-electron chi connectivity index (χ2n) is 6.92. The molecule has 1 unspecified atom stereocenters. The number of halogens is 1. The molecule has 1 fully saturated rings. The number of para-hydroxylation sites is 1. The normalized spacial score (nSPS) is 17.6. The molecule has 9 nitrogen and oxygen atoms in total. The van der Waals surface area contributed by atoms with Crippen LogP contribution in [-0.4, -0.2) is 51.9 Å². The molecule has 11 heteroatoms. The van der Waals surface area contributed by atoms with Gasteiger partial charge < -0.3 is 5.32 Å². The van der Waals surface area contributed by atoms with Crippen LogP contribution in [0, 0.1) is 11.7 Å². The molecule has 30 heavy (non-hydrogen) atoms. The van der Waals surface area contributed by atoms with Crippen molar-refractivity contribution in [3.8, 4) is 5.69 Å².